The second-order valence-corrected chi connectivity index (χ2v) is 5.28. The molecule has 0 aromatic heterocycles. The van der Waals surface area contributed by atoms with Crippen molar-refractivity contribution in [3.63, 3.8) is 0 Å². The van der Waals surface area contributed by atoms with E-state index in [0.717, 1.165) is 25.7 Å². The van der Waals surface area contributed by atoms with Gasteiger partial charge in [-0.05, 0) is 26.2 Å². The fourth-order valence-electron chi connectivity index (χ4n) is 2.46. The fourth-order valence-corrected chi connectivity index (χ4v) is 2.46. The van der Waals surface area contributed by atoms with E-state index in [9.17, 15) is 4.79 Å². The molecular formula is C13H25NO. The third-order valence-corrected chi connectivity index (χ3v) is 3.60. The Morgan fingerprint density at radius 1 is 1.33 bits per heavy atom. The second-order valence-electron chi connectivity index (χ2n) is 5.28. The van der Waals surface area contributed by atoms with Gasteiger partial charge in [-0.2, -0.15) is 0 Å². The summed E-state index contributed by atoms with van der Waals surface area (Å²) in [6.45, 7) is 6.39. The Morgan fingerprint density at radius 3 is 2.47 bits per heavy atom. The number of amides is 1. The quantitative estimate of drug-likeness (QED) is 0.759. The van der Waals surface area contributed by atoms with Crippen molar-refractivity contribution >= 4 is 5.91 Å². The number of carbonyl (C=O) groups is 1. The molecule has 1 amide bonds. The molecule has 0 aliphatic heterocycles. The fraction of sp³-hybridized carbons (Fsp3) is 0.923. The van der Waals surface area contributed by atoms with Gasteiger partial charge in [0.25, 0.3) is 0 Å². The topological polar surface area (TPSA) is 29.1 Å². The maximum atomic E-state index is 12.1. The van der Waals surface area contributed by atoms with E-state index in [-0.39, 0.29) is 11.3 Å². The molecule has 1 aliphatic rings. The van der Waals surface area contributed by atoms with E-state index in [2.05, 4.69) is 26.1 Å². The van der Waals surface area contributed by atoms with Crippen LogP contribution >= 0.6 is 0 Å². The molecular weight excluding hydrogens is 186 g/mol. The predicted octanol–water partition coefficient (Wildman–Crippen LogP) is 3.26. The van der Waals surface area contributed by atoms with E-state index in [4.69, 9.17) is 0 Å². The predicted molar refractivity (Wildman–Crippen MR) is 63.7 cm³/mol. The van der Waals surface area contributed by atoms with Crippen LogP contribution in [-0.2, 0) is 4.79 Å². The normalized spacial score (nSPS) is 22.1. The molecule has 0 aromatic rings. The van der Waals surface area contributed by atoms with Crippen LogP contribution in [0.15, 0.2) is 0 Å². The zero-order valence-corrected chi connectivity index (χ0v) is 10.4. The van der Waals surface area contributed by atoms with Crippen LogP contribution in [0.25, 0.3) is 0 Å². The Morgan fingerprint density at radius 2 is 1.93 bits per heavy atom. The van der Waals surface area contributed by atoms with E-state index in [0.29, 0.717) is 6.04 Å². The molecule has 1 rings (SSSR count). The van der Waals surface area contributed by atoms with Gasteiger partial charge in [0, 0.05) is 11.5 Å². The Hall–Kier alpha value is -0.530. The average Bonchev–Trinajstić information content (AvgIpc) is 2.19. The maximum absolute atomic E-state index is 12.1. The molecule has 88 valence electrons. The van der Waals surface area contributed by atoms with Gasteiger partial charge in [-0.15, -0.1) is 0 Å². The summed E-state index contributed by atoms with van der Waals surface area (Å²) < 4.78 is 0. The molecule has 2 nitrogen and oxygen atoms in total. The van der Waals surface area contributed by atoms with Crippen molar-refractivity contribution < 1.29 is 4.79 Å². The van der Waals surface area contributed by atoms with E-state index in [1.54, 1.807) is 0 Å². The average molecular weight is 211 g/mol. The summed E-state index contributed by atoms with van der Waals surface area (Å²) in [5, 5.41) is 3.15. The summed E-state index contributed by atoms with van der Waals surface area (Å²) in [7, 11) is 0. The van der Waals surface area contributed by atoms with Gasteiger partial charge in [0.15, 0.2) is 0 Å². The Kier molecular flexibility index (Phi) is 4.62. The van der Waals surface area contributed by atoms with Crippen LogP contribution < -0.4 is 5.32 Å². The lowest BCUT2D eigenvalue weighted by atomic mass is 9.75. The van der Waals surface area contributed by atoms with Gasteiger partial charge < -0.3 is 5.32 Å². The van der Waals surface area contributed by atoms with Crippen LogP contribution in [0.5, 0.6) is 0 Å². The van der Waals surface area contributed by atoms with E-state index >= 15 is 0 Å². The van der Waals surface area contributed by atoms with Crippen molar-refractivity contribution in [2.45, 2.75) is 71.8 Å². The molecule has 0 radical (unpaired) electrons. The van der Waals surface area contributed by atoms with Crippen LogP contribution in [0.4, 0.5) is 0 Å². The first kappa shape index (κ1) is 12.5. The molecule has 0 spiro atoms. The third-order valence-electron chi connectivity index (χ3n) is 3.60. The molecule has 1 fully saturated rings. The highest BCUT2D eigenvalue weighted by atomic mass is 16.2. The molecule has 1 atom stereocenters. The molecule has 0 bridgehead atoms. The van der Waals surface area contributed by atoms with Crippen LogP contribution in [-0.4, -0.2) is 11.9 Å². The van der Waals surface area contributed by atoms with Gasteiger partial charge in [-0.25, -0.2) is 0 Å². The lowest BCUT2D eigenvalue weighted by Crippen LogP contribution is -2.44. The number of nitrogens with one attached hydrogen (secondary N) is 1. The Bertz CT molecular complexity index is 207. The molecule has 0 saturated heterocycles. The summed E-state index contributed by atoms with van der Waals surface area (Å²) in [4.78, 5) is 12.1. The van der Waals surface area contributed by atoms with Gasteiger partial charge in [-0.1, -0.05) is 39.5 Å². The summed E-state index contributed by atoms with van der Waals surface area (Å²) >= 11 is 0. The molecule has 0 aromatic carbocycles. The van der Waals surface area contributed by atoms with E-state index in [1.807, 2.05) is 0 Å². The van der Waals surface area contributed by atoms with E-state index < -0.39 is 0 Å². The van der Waals surface area contributed by atoms with Crippen molar-refractivity contribution in [3.8, 4) is 0 Å². The zero-order chi connectivity index (χ0) is 11.3. The summed E-state index contributed by atoms with van der Waals surface area (Å²) in [5.74, 6) is 0.281. The minimum absolute atomic E-state index is 0.0831. The van der Waals surface area contributed by atoms with Crippen LogP contribution in [0, 0.1) is 5.41 Å². The molecule has 1 saturated carbocycles. The van der Waals surface area contributed by atoms with Crippen molar-refractivity contribution in [1.82, 2.24) is 5.32 Å². The molecule has 0 heterocycles. The van der Waals surface area contributed by atoms with Crippen LogP contribution in [0.3, 0.4) is 0 Å². The third kappa shape index (κ3) is 3.51. The summed E-state index contributed by atoms with van der Waals surface area (Å²) in [6, 6.07) is 0.334. The standard InChI is InChI=1S/C13H25NO/c1-4-8-11(2)14-12(15)13(3)9-6-5-7-10-13/h11H,4-10H2,1-3H3,(H,14,15). The van der Waals surface area contributed by atoms with Gasteiger partial charge in [0.2, 0.25) is 5.91 Å². The first-order valence-electron chi connectivity index (χ1n) is 6.39. The van der Waals surface area contributed by atoms with Gasteiger partial charge in [0.1, 0.15) is 0 Å². The highest BCUT2D eigenvalue weighted by molar-refractivity contribution is 5.82. The largest absolute Gasteiger partial charge is 0.353 e. The molecule has 15 heavy (non-hydrogen) atoms. The van der Waals surface area contributed by atoms with Crippen molar-refractivity contribution in [2.75, 3.05) is 0 Å². The first-order chi connectivity index (χ1) is 7.08. The maximum Gasteiger partial charge on any atom is 0.226 e. The van der Waals surface area contributed by atoms with Crippen LogP contribution in [0.2, 0.25) is 0 Å². The minimum atomic E-state index is -0.0831. The SMILES string of the molecule is CCCC(C)NC(=O)C1(C)CCCCC1. The van der Waals surface area contributed by atoms with Gasteiger partial charge in [-0.3, -0.25) is 4.79 Å². The minimum Gasteiger partial charge on any atom is -0.353 e. The Balaban J connectivity index is 2.44. The molecule has 1 unspecified atom stereocenters. The number of carbonyl (C=O) groups excluding carboxylic acids is 1. The summed E-state index contributed by atoms with van der Waals surface area (Å²) in [6.07, 6.45) is 8.08. The first-order valence-corrected chi connectivity index (χ1v) is 6.39. The highest BCUT2D eigenvalue weighted by Crippen LogP contribution is 2.35. The number of hydrogen-bond donors (Lipinski definition) is 1. The van der Waals surface area contributed by atoms with Crippen molar-refractivity contribution in [1.29, 1.82) is 0 Å². The lowest BCUT2D eigenvalue weighted by molar-refractivity contribution is -0.132. The van der Waals surface area contributed by atoms with Crippen molar-refractivity contribution in [3.05, 3.63) is 0 Å². The number of rotatable bonds is 4. The molecule has 2 heteroatoms. The summed E-state index contributed by atoms with van der Waals surface area (Å²) in [5.41, 5.74) is -0.0831. The monoisotopic (exact) mass is 211 g/mol. The number of hydrogen-bond acceptors (Lipinski definition) is 1. The zero-order valence-electron chi connectivity index (χ0n) is 10.4. The lowest BCUT2D eigenvalue weighted by Gasteiger charge is -2.33. The highest BCUT2D eigenvalue weighted by Gasteiger charge is 2.34. The molecule has 1 aliphatic carbocycles. The molecule has 1 N–H and O–H groups in total. The Labute approximate surface area is 93.8 Å². The smallest absolute Gasteiger partial charge is 0.226 e. The van der Waals surface area contributed by atoms with E-state index in [1.165, 1.54) is 19.3 Å². The van der Waals surface area contributed by atoms with Gasteiger partial charge in [0.05, 0.1) is 0 Å². The van der Waals surface area contributed by atoms with Crippen LogP contribution in [0.1, 0.15) is 65.7 Å². The van der Waals surface area contributed by atoms with Gasteiger partial charge >= 0.3 is 0 Å². The second kappa shape index (κ2) is 5.53. The van der Waals surface area contributed by atoms with Crippen molar-refractivity contribution in [2.24, 2.45) is 5.41 Å².